The minimum absolute atomic E-state index is 0.259. The summed E-state index contributed by atoms with van der Waals surface area (Å²) >= 11 is 0. The van der Waals surface area contributed by atoms with E-state index in [0.29, 0.717) is 13.0 Å². The molecule has 0 spiro atoms. The molecule has 2 rings (SSSR count). The van der Waals surface area contributed by atoms with Crippen molar-refractivity contribution in [2.24, 2.45) is 5.92 Å². The Kier molecular flexibility index (Phi) is 4.49. The second kappa shape index (κ2) is 6.17. The summed E-state index contributed by atoms with van der Waals surface area (Å²) in [5.74, 6) is -2.57. The molecule has 6 heteroatoms. The van der Waals surface area contributed by atoms with Crippen molar-refractivity contribution in [1.82, 2.24) is 4.90 Å². The van der Waals surface area contributed by atoms with Crippen LogP contribution in [0.25, 0.3) is 0 Å². The third-order valence-corrected chi connectivity index (χ3v) is 4.05. The minimum atomic E-state index is -1.09. The molecule has 6 nitrogen and oxygen atoms in total. The summed E-state index contributed by atoms with van der Waals surface area (Å²) < 4.78 is 0. The van der Waals surface area contributed by atoms with E-state index in [1.54, 1.807) is 4.90 Å². The second-order valence-corrected chi connectivity index (χ2v) is 5.69. The molecular formula is C16H20N2O4. The van der Waals surface area contributed by atoms with E-state index < -0.39 is 24.3 Å². The van der Waals surface area contributed by atoms with E-state index >= 15 is 0 Å². The number of hydrogen-bond acceptors (Lipinski definition) is 3. The van der Waals surface area contributed by atoms with Crippen LogP contribution < -0.4 is 4.90 Å². The van der Waals surface area contributed by atoms with Gasteiger partial charge in [-0.3, -0.25) is 14.4 Å². The Bertz CT molecular complexity index is 627. The Labute approximate surface area is 129 Å². The first-order valence-electron chi connectivity index (χ1n) is 7.16. The summed E-state index contributed by atoms with van der Waals surface area (Å²) in [4.78, 5) is 38.0. The predicted molar refractivity (Wildman–Crippen MR) is 81.6 cm³/mol. The number of hydrogen-bond donors (Lipinski definition) is 1. The number of carboxylic acids is 1. The summed E-state index contributed by atoms with van der Waals surface area (Å²) in [5, 5.41) is 8.74. The molecule has 1 aromatic carbocycles. The summed E-state index contributed by atoms with van der Waals surface area (Å²) in [7, 11) is 1.41. The monoisotopic (exact) mass is 304 g/mol. The smallest absolute Gasteiger partial charge is 0.323 e. The molecule has 1 atom stereocenters. The fourth-order valence-corrected chi connectivity index (χ4v) is 2.61. The van der Waals surface area contributed by atoms with Crippen molar-refractivity contribution >= 4 is 23.5 Å². The van der Waals surface area contributed by atoms with E-state index in [1.165, 1.54) is 7.05 Å². The van der Waals surface area contributed by atoms with Crippen LogP contribution in [0.4, 0.5) is 5.69 Å². The van der Waals surface area contributed by atoms with Gasteiger partial charge in [0.15, 0.2) is 0 Å². The number of carboxylic acid groups (broad SMARTS) is 1. The Morgan fingerprint density at radius 2 is 2.00 bits per heavy atom. The van der Waals surface area contributed by atoms with Crippen molar-refractivity contribution in [2.75, 3.05) is 25.0 Å². The molecule has 0 aromatic heterocycles. The van der Waals surface area contributed by atoms with Gasteiger partial charge in [0.1, 0.15) is 12.5 Å². The normalized spacial score (nSPS) is 17.7. The van der Waals surface area contributed by atoms with Crippen LogP contribution in [-0.2, 0) is 14.4 Å². The lowest BCUT2D eigenvalue weighted by Gasteiger charge is -2.20. The lowest BCUT2D eigenvalue weighted by atomic mass is 10.1. The largest absolute Gasteiger partial charge is 0.480 e. The number of anilines is 1. The molecule has 0 saturated carbocycles. The Morgan fingerprint density at radius 3 is 2.59 bits per heavy atom. The van der Waals surface area contributed by atoms with E-state index in [9.17, 15) is 14.4 Å². The summed E-state index contributed by atoms with van der Waals surface area (Å²) in [5.41, 5.74) is 3.01. The summed E-state index contributed by atoms with van der Waals surface area (Å²) in [6.07, 6.45) is 0.411. The van der Waals surface area contributed by atoms with Crippen LogP contribution >= 0.6 is 0 Å². The van der Waals surface area contributed by atoms with E-state index in [1.807, 2.05) is 32.0 Å². The number of aryl methyl sites for hydroxylation is 2. The molecule has 0 bridgehead atoms. The van der Waals surface area contributed by atoms with Gasteiger partial charge in [0.2, 0.25) is 11.8 Å². The number of aliphatic carboxylic acids is 1. The van der Waals surface area contributed by atoms with Crippen molar-refractivity contribution < 1.29 is 19.5 Å². The average molecular weight is 304 g/mol. The maximum absolute atomic E-state index is 12.5. The summed E-state index contributed by atoms with van der Waals surface area (Å²) in [6, 6.07) is 5.75. The molecule has 1 saturated heterocycles. The molecule has 1 N–H and O–H groups in total. The first-order valence-corrected chi connectivity index (χ1v) is 7.16. The quantitative estimate of drug-likeness (QED) is 0.848. The van der Waals surface area contributed by atoms with Gasteiger partial charge in [-0.25, -0.2) is 0 Å². The van der Waals surface area contributed by atoms with Gasteiger partial charge in [0.05, 0.1) is 0 Å². The maximum Gasteiger partial charge on any atom is 0.323 e. The lowest BCUT2D eigenvalue weighted by molar-refractivity contribution is -0.146. The highest BCUT2D eigenvalue weighted by molar-refractivity contribution is 6.09. The fourth-order valence-electron chi connectivity index (χ4n) is 2.61. The van der Waals surface area contributed by atoms with Crippen molar-refractivity contribution in [3.05, 3.63) is 29.3 Å². The van der Waals surface area contributed by atoms with Crippen LogP contribution in [0.5, 0.6) is 0 Å². The second-order valence-electron chi connectivity index (χ2n) is 5.69. The zero-order valence-corrected chi connectivity index (χ0v) is 13.0. The number of benzene rings is 1. The Morgan fingerprint density at radius 1 is 1.32 bits per heavy atom. The minimum Gasteiger partial charge on any atom is -0.480 e. The van der Waals surface area contributed by atoms with Gasteiger partial charge in [-0.2, -0.15) is 0 Å². The third-order valence-electron chi connectivity index (χ3n) is 4.05. The number of carbonyl (C=O) groups excluding carboxylic acids is 2. The highest BCUT2D eigenvalue weighted by Crippen LogP contribution is 2.27. The molecular weight excluding hydrogens is 284 g/mol. The molecule has 1 aromatic rings. The van der Waals surface area contributed by atoms with Gasteiger partial charge < -0.3 is 14.9 Å². The molecule has 0 radical (unpaired) electrons. The molecule has 118 valence electrons. The van der Waals surface area contributed by atoms with Crippen LogP contribution in [0.15, 0.2) is 18.2 Å². The van der Waals surface area contributed by atoms with E-state index in [4.69, 9.17) is 5.11 Å². The number of amides is 2. The van der Waals surface area contributed by atoms with Crippen LogP contribution in [-0.4, -0.2) is 47.9 Å². The summed E-state index contributed by atoms with van der Waals surface area (Å²) in [6.45, 7) is 4.05. The van der Waals surface area contributed by atoms with Gasteiger partial charge in [-0.05, 0) is 43.5 Å². The number of nitrogens with zero attached hydrogens (tertiary/aromatic N) is 2. The van der Waals surface area contributed by atoms with Gasteiger partial charge in [-0.15, -0.1) is 0 Å². The van der Waals surface area contributed by atoms with E-state index in [-0.39, 0.29) is 5.91 Å². The molecule has 0 unspecified atom stereocenters. The van der Waals surface area contributed by atoms with Crippen LogP contribution in [0.3, 0.4) is 0 Å². The van der Waals surface area contributed by atoms with Crippen molar-refractivity contribution in [1.29, 1.82) is 0 Å². The zero-order valence-electron chi connectivity index (χ0n) is 13.0. The predicted octanol–water partition coefficient (Wildman–Crippen LogP) is 1.20. The topological polar surface area (TPSA) is 77.9 Å². The van der Waals surface area contributed by atoms with Crippen molar-refractivity contribution in [3.63, 3.8) is 0 Å². The van der Waals surface area contributed by atoms with Gasteiger partial charge in [-0.1, -0.05) is 6.07 Å². The molecule has 0 aliphatic carbocycles. The Balaban J connectivity index is 2.13. The third kappa shape index (κ3) is 3.10. The Hall–Kier alpha value is -2.37. The molecule has 22 heavy (non-hydrogen) atoms. The average Bonchev–Trinajstić information content (AvgIpc) is 2.82. The molecule has 1 fully saturated rings. The first kappa shape index (κ1) is 16.0. The molecule has 1 heterocycles. The van der Waals surface area contributed by atoms with Crippen LogP contribution in [0.2, 0.25) is 0 Å². The lowest BCUT2D eigenvalue weighted by Crippen LogP contribution is -2.40. The number of rotatable bonds is 4. The van der Waals surface area contributed by atoms with Crippen molar-refractivity contribution in [3.8, 4) is 0 Å². The highest BCUT2D eigenvalue weighted by atomic mass is 16.4. The molecule has 1 aliphatic rings. The highest BCUT2D eigenvalue weighted by Gasteiger charge is 2.39. The van der Waals surface area contributed by atoms with E-state index in [0.717, 1.165) is 21.7 Å². The standard InChI is InChI=1S/C16H20N2O4/c1-10-4-5-12(8-11(10)2)18-7-6-13(16(18)22)15(21)17(3)9-14(19)20/h4-5,8,13H,6-7,9H2,1-3H3,(H,19,20)/t13-/m0/s1. The first-order chi connectivity index (χ1) is 10.3. The molecule has 1 aliphatic heterocycles. The number of carbonyl (C=O) groups is 3. The van der Waals surface area contributed by atoms with Crippen molar-refractivity contribution in [2.45, 2.75) is 20.3 Å². The fraction of sp³-hybridized carbons (Fsp3) is 0.438. The SMILES string of the molecule is Cc1ccc(N2CC[C@@H](C(=O)N(C)CC(=O)O)C2=O)cc1C. The van der Waals surface area contributed by atoms with Gasteiger partial charge >= 0.3 is 5.97 Å². The maximum atomic E-state index is 12.5. The zero-order chi connectivity index (χ0) is 16.4. The van der Waals surface area contributed by atoms with Crippen LogP contribution in [0.1, 0.15) is 17.5 Å². The van der Waals surface area contributed by atoms with Crippen LogP contribution in [0, 0.1) is 19.8 Å². The van der Waals surface area contributed by atoms with E-state index in [2.05, 4.69) is 0 Å². The van der Waals surface area contributed by atoms with Gasteiger partial charge in [0.25, 0.3) is 0 Å². The molecule has 2 amide bonds. The number of likely N-dealkylation sites (N-methyl/N-ethyl adjacent to an activating group) is 1. The van der Waals surface area contributed by atoms with Gasteiger partial charge in [0, 0.05) is 19.3 Å².